The standard InChI is InChI=1S/C48H79N3O4/c1-5-6-7-8-9-10-11-12-13-14-15-16-17-18-19-20-21-22-44(54)50-33-31-49-32-34-51-45(55)26-23-37(2)40-24-25-41-46-42(28-30-48(40,41)4)47(3)29-27-39(52)35-38(47)36-43(46)53/h6-7,9-10,12-13,15-16,18-19,37-43,46,49,52-53H,5,8,11,14,17,20-36H2,1-4H3,(H,50,54)(H,51,55)/b7-6-,10-9-,13-12-,16-15-,19-18-/t37-,38+,39-,40?,41+,42+,43-,46+,47+,48-/m1/s1. The maximum Gasteiger partial charge on any atom is 0.220 e. The van der Waals surface area contributed by atoms with Crippen LogP contribution in [0.1, 0.15) is 143 Å². The Balaban J connectivity index is 0.986. The van der Waals surface area contributed by atoms with Gasteiger partial charge in [-0.1, -0.05) is 88.5 Å². The molecule has 310 valence electrons. The van der Waals surface area contributed by atoms with Gasteiger partial charge in [-0.15, -0.1) is 0 Å². The molecule has 4 aliphatic carbocycles. The molecule has 4 aliphatic rings. The third kappa shape index (κ3) is 13.6. The normalized spacial score (nSPS) is 32.7. The zero-order valence-corrected chi connectivity index (χ0v) is 35.2. The van der Waals surface area contributed by atoms with Gasteiger partial charge in [0.25, 0.3) is 0 Å². The number of carbonyl (C=O) groups is 2. The second kappa shape index (κ2) is 23.7. The Morgan fingerprint density at radius 3 is 1.89 bits per heavy atom. The smallest absolute Gasteiger partial charge is 0.220 e. The SMILES string of the molecule is CC/C=C\C/C=C\C/C=C\C/C=C\C/C=C\CCCC(=O)NCCNCCNC(=O)CC[C@@H](C)C1CC[C@H]2[C@@H]3[C@H](O)C[C@@H]4C[C@H](O)CC[C@]4(C)[C@H]3CC[C@]12C. The molecule has 7 heteroatoms. The number of carbonyl (C=O) groups excluding carboxylic acids is 2. The van der Waals surface area contributed by atoms with Crippen molar-refractivity contribution in [2.45, 2.75) is 155 Å². The highest BCUT2D eigenvalue weighted by molar-refractivity contribution is 5.76. The van der Waals surface area contributed by atoms with Gasteiger partial charge < -0.3 is 26.2 Å². The average molecular weight is 762 g/mol. The number of nitrogens with one attached hydrogen (secondary N) is 3. The van der Waals surface area contributed by atoms with Gasteiger partial charge >= 0.3 is 0 Å². The molecule has 0 aromatic rings. The molecule has 0 saturated heterocycles. The van der Waals surface area contributed by atoms with E-state index in [1.54, 1.807) is 0 Å². The van der Waals surface area contributed by atoms with Gasteiger partial charge in [0.2, 0.25) is 11.8 Å². The summed E-state index contributed by atoms with van der Waals surface area (Å²) in [7, 11) is 0. The van der Waals surface area contributed by atoms with Crippen LogP contribution in [0.5, 0.6) is 0 Å². The van der Waals surface area contributed by atoms with E-state index in [-0.39, 0.29) is 34.9 Å². The summed E-state index contributed by atoms with van der Waals surface area (Å²) in [5.74, 6) is 3.28. The summed E-state index contributed by atoms with van der Waals surface area (Å²) in [6.45, 7) is 12.1. The Hall–Kier alpha value is -2.48. The summed E-state index contributed by atoms with van der Waals surface area (Å²) in [5.41, 5.74) is 0.498. The number of aliphatic hydroxyl groups excluding tert-OH is 2. The molecule has 1 unspecified atom stereocenters. The molecule has 4 rings (SSSR count). The molecule has 7 nitrogen and oxygen atoms in total. The predicted octanol–water partition coefficient (Wildman–Crippen LogP) is 9.14. The van der Waals surface area contributed by atoms with Gasteiger partial charge in [0.15, 0.2) is 0 Å². The minimum atomic E-state index is -0.242. The first kappa shape index (κ1) is 45.2. The number of hydrogen-bond acceptors (Lipinski definition) is 5. The number of aliphatic hydroxyl groups is 2. The van der Waals surface area contributed by atoms with Crippen LogP contribution < -0.4 is 16.0 Å². The summed E-state index contributed by atoms with van der Waals surface area (Å²) in [5, 5.41) is 31.3. The van der Waals surface area contributed by atoms with Crippen molar-refractivity contribution in [1.82, 2.24) is 16.0 Å². The van der Waals surface area contributed by atoms with Crippen LogP contribution in [0.2, 0.25) is 0 Å². The molecule has 0 heterocycles. The number of amides is 2. The summed E-state index contributed by atoms with van der Waals surface area (Å²) in [6, 6.07) is 0. The quantitative estimate of drug-likeness (QED) is 0.0527. The number of unbranched alkanes of at least 4 members (excludes halogenated alkanes) is 1. The number of rotatable bonds is 23. The van der Waals surface area contributed by atoms with Gasteiger partial charge in [-0.05, 0) is 149 Å². The summed E-state index contributed by atoms with van der Waals surface area (Å²) < 4.78 is 0. The zero-order valence-electron chi connectivity index (χ0n) is 35.2. The second-order valence-corrected chi connectivity index (χ2v) is 18.0. The molecular weight excluding hydrogens is 683 g/mol. The van der Waals surface area contributed by atoms with E-state index in [1.165, 1.54) is 25.7 Å². The summed E-state index contributed by atoms with van der Waals surface area (Å²) in [6.07, 6.45) is 38.9. The molecule has 0 aliphatic heterocycles. The number of hydrogen-bond donors (Lipinski definition) is 5. The maximum atomic E-state index is 12.8. The van der Waals surface area contributed by atoms with Crippen molar-refractivity contribution < 1.29 is 19.8 Å². The fourth-order valence-electron chi connectivity index (χ4n) is 11.4. The van der Waals surface area contributed by atoms with Crippen LogP contribution >= 0.6 is 0 Å². The molecule has 10 atom stereocenters. The third-order valence-corrected chi connectivity index (χ3v) is 14.4. The van der Waals surface area contributed by atoms with Crippen LogP contribution in [-0.4, -0.2) is 60.4 Å². The van der Waals surface area contributed by atoms with E-state index in [9.17, 15) is 19.8 Å². The van der Waals surface area contributed by atoms with Crippen molar-refractivity contribution in [3.05, 3.63) is 60.8 Å². The maximum absolute atomic E-state index is 12.8. The highest BCUT2D eigenvalue weighted by Crippen LogP contribution is 2.68. The Morgan fingerprint density at radius 1 is 0.691 bits per heavy atom. The first-order valence-corrected chi connectivity index (χ1v) is 22.4. The second-order valence-electron chi connectivity index (χ2n) is 18.0. The molecule has 4 fully saturated rings. The highest BCUT2D eigenvalue weighted by atomic mass is 16.3. The topological polar surface area (TPSA) is 111 Å². The van der Waals surface area contributed by atoms with Gasteiger partial charge in [-0.25, -0.2) is 0 Å². The molecule has 0 aromatic heterocycles. The lowest BCUT2D eigenvalue weighted by Crippen LogP contribution is -2.58. The molecule has 0 spiro atoms. The lowest BCUT2D eigenvalue weighted by Gasteiger charge is -2.62. The van der Waals surface area contributed by atoms with Gasteiger partial charge in [0.05, 0.1) is 12.2 Å². The first-order chi connectivity index (χ1) is 26.6. The molecule has 0 aromatic carbocycles. The average Bonchev–Trinajstić information content (AvgIpc) is 3.52. The fraction of sp³-hybridized carbons (Fsp3) is 0.750. The van der Waals surface area contributed by atoms with Gasteiger partial charge in [0, 0.05) is 39.0 Å². The summed E-state index contributed by atoms with van der Waals surface area (Å²) in [4.78, 5) is 24.9. The van der Waals surface area contributed by atoms with Crippen LogP contribution in [0, 0.1) is 46.3 Å². The van der Waals surface area contributed by atoms with Crippen molar-refractivity contribution in [2.75, 3.05) is 26.2 Å². The fourth-order valence-corrected chi connectivity index (χ4v) is 11.4. The molecule has 0 radical (unpaired) electrons. The van der Waals surface area contributed by atoms with Crippen LogP contribution in [0.25, 0.3) is 0 Å². The van der Waals surface area contributed by atoms with Crippen LogP contribution in [-0.2, 0) is 9.59 Å². The van der Waals surface area contributed by atoms with E-state index in [2.05, 4.69) is 104 Å². The van der Waals surface area contributed by atoms with Crippen LogP contribution in [0.3, 0.4) is 0 Å². The van der Waals surface area contributed by atoms with Gasteiger partial charge in [-0.3, -0.25) is 9.59 Å². The van der Waals surface area contributed by atoms with Gasteiger partial charge in [-0.2, -0.15) is 0 Å². The van der Waals surface area contributed by atoms with E-state index in [0.29, 0.717) is 74.5 Å². The lowest BCUT2D eigenvalue weighted by molar-refractivity contribution is -0.174. The van der Waals surface area contributed by atoms with Crippen molar-refractivity contribution in [2.24, 2.45) is 46.3 Å². The minimum Gasteiger partial charge on any atom is -0.393 e. The van der Waals surface area contributed by atoms with E-state index in [0.717, 1.165) is 77.0 Å². The highest BCUT2D eigenvalue weighted by Gasteiger charge is 2.62. The molecule has 0 bridgehead atoms. The van der Waals surface area contributed by atoms with Crippen molar-refractivity contribution in [3.63, 3.8) is 0 Å². The summed E-state index contributed by atoms with van der Waals surface area (Å²) >= 11 is 0. The number of fused-ring (bicyclic) bond motifs is 5. The van der Waals surface area contributed by atoms with Crippen LogP contribution in [0.15, 0.2) is 60.8 Å². The molecule has 55 heavy (non-hydrogen) atoms. The Kier molecular flexibility index (Phi) is 19.5. The Morgan fingerprint density at radius 2 is 1.25 bits per heavy atom. The van der Waals surface area contributed by atoms with Gasteiger partial charge in [0.1, 0.15) is 0 Å². The largest absolute Gasteiger partial charge is 0.393 e. The van der Waals surface area contributed by atoms with Crippen molar-refractivity contribution in [3.8, 4) is 0 Å². The Bertz CT molecular complexity index is 1310. The van der Waals surface area contributed by atoms with E-state index >= 15 is 0 Å². The zero-order chi connectivity index (χ0) is 39.5. The predicted molar refractivity (Wildman–Crippen MR) is 228 cm³/mol. The molecule has 2 amide bonds. The first-order valence-electron chi connectivity index (χ1n) is 22.4. The number of allylic oxidation sites excluding steroid dienone is 10. The minimum absolute atomic E-state index is 0.0925. The third-order valence-electron chi connectivity index (χ3n) is 14.4. The van der Waals surface area contributed by atoms with E-state index < -0.39 is 0 Å². The van der Waals surface area contributed by atoms with Crippen molar-refractivity contribution in [1.29, 1.82) is 0 Å². The molecular formula is C48H79N3O4. The van der Waals surface area contributed by atoms with E-state index in [1.807, 2.05) is 0 Å². The monoisotopic (exact) mass is 762 g/mol. The molecule has 5 N–H and O–H groups in total. The van der Waals surface area contributed by atoms with Crippen LogP contribution in [0.4, 0.5) is 0 Å². The van der Waals surface area contributed by atoms with E-state index in [4.69, 9.17) is 0 Å². The molecule has 4 saturated carbocycles. The Labute approximate surface area is 335 Å². The lowest BCUT2D eigenvalue weighted by atomic mass is 9.43. The van der Waals surface area contributed by atoms with Crippen molar-refractivity contribution >= 4 is 11.8 Å².